The quantitative estimate of drug-likeness (QED) is 0.206. The van der Waals surface area contributed by atoms with E-state index in [2.05, 4.69) is 14.7 Å². The summed E-state index contributed by atoms with van der Waals surface area (Å²) in [5.74, 6) is 0. The summed E-state index contributed by atoms with van der Waals surface area (Å²) >= 11 is 0. The molecule has 0 aliphatic carbocycles. The number of aliphatic hydroxyl groups excluding tert-OH is 3. The van der Waals surface area contributed by atoms with Crippen LogP contribution in [-0.2, 0) is 18.9 Å². The summed E-state index contributed by atoms with van der Waals surface area (Å²) in [7, 11) is 3.06. The zero-order valence-corrected chi connectivity index (χ0v) is 24.8. The van der Waals surface area contributed by atoms with Crippen molar-refractivity contribution in [2.45, 2.75) is 51.4 Å². The van der Waals surface area contributed by atoms with E-state index in [4.69, 9.17) is 18.9 Å². The predicted molar refractivity (Wildman–Crippen MR) is 150 cm³/mol. The first kappa shape index (κ1) is 35.9. The molecule has 232 valence electrons. The molecule has 3 unspecified atom stereocenters. The first-order valence-electron chi connectivity index (χ1n) is 14.5. The van der Waals surface area contributed by atoms with Gasteiger partial charge in [0.05, 0.1) is 38.6 Å². The van der Waals surface area contributed by atoms with Crippen LogP contribution in [0.15, 0.2) is 0 Å². The number of β-amino-alcohol motifs (C(OH)–C–C–N with tert-alkyl or cyclic N) is 3. The van der Waals surface area contributed by atoms with Crippen molar-refractivity contribution in [1.82, 2.24) is 19.6 Å². The molecule has 12 heteroatoms. The summed E-state index contributed by atoms with van der Waals surface area (Å²) in [6.45, 7) is 12.3. The molecule has 0 bridgehead atoms. The maximum absolute atomic E-state index is 12.5. The summed E-state index contributed by atoms with van der Waals surface area (Å²) in [5, 5.41) is 31.7. The van der Waals surface area contributed by atoms with E-state index in [9.17, 15) is 20.1 Å². The van der Waals surface area contributed by atoms with Crippen LogP contribution in [0.25, 0.3) is 0 Å². The van der Waals surface area contributed by atoms with Gasteiger partial charge in [-0.25, -0.2) is 4.79 Å². The molecule has 3 atom stereocenters. The second kappa shape index (κ2) is 22.6. The summed E-state index contributed by atoms with van der Waals surface area (Å²) in [6, 6.07) is 0. The van der Waals surface area contributed by atoms with Gasteiger partial charge < -0.3 is 39.2 Å². The van der Waals surface area contributed by atoms with Gasteiger partial charge in [-0.15, -0.1) is 0 Å². The number of carbonyl (C=O) groups is 1. The third-order valence-corrected chi connectivity index (χ3v) is 6.84. The van der Waals surface area contributed by atoms with Crippen molar-refractivity contribution in [1.29, 1.82) is 0 Å². The Morgan fingerprint density at radius 2 is 1.13 bits per heavy atom. The van der Waals surface area contributed by atoms with Crippen molar-refractivity contribution in [3.05, 3.63) is 0 Å². The van der Waals surface area contributed by atoms with Gasteiger partial charge in [0.2, 0.25) is 0 Å². The maximum atomic E-state index is 12.5. The second-order valence-electron chi connectivity index (χ2n) is 10.1. The van der Waals surface area contributed by atoms with Gasteiger partial charge in [0, 0.05) is 98.9 Å². The molecule has 0 radical (unpaired) electrons. The molecule has 1 rings (SSSR count). The Bertz CT molecular complexity index is 606. The second-order valence-corrected chi connectivity index (χ2v) is 10.1. The minimum absolute atomic E-state index is 0.257. The molecule has 0 aromatic rings. The fourth-order valence-corrected chi connectivity index (χ4v) is 4.62. The van der Waals surface area contributed by atoms with Crippen molar-refractivity contribution in [3.63, 3.8) is 0 Å². The third kappa shape index (κ3) is 17.4. The molecule has 1 amide bonds. The fraction of sp³-hybridized carbons (Fsp3) is 0.963. The monoisotopic (exact) mass is 564 g/mol. The molecule has 0 aromatic heterocycles. The Balaban J connectivity index is 2.96. The average Bonchev–Trinajstić information content (AvgIpc) is 2.92. The molecule has 39 heavy (non-hydrogen) atoms. The van der Waals surface area contributed by atoms with E-state index in [1.54, 1.807) is 12.0 Å². The largest absolute Gasteiger partial charge is 0.453 e. The van der Waals surface area contributed by atoms with Crippen LogP contribution in [0.5, 0.6) is 0 Å². The average molecular weight is 565 g/mol. The lowest BCUT2D eigenvalue weighted by Crippen LogP contribution is -2.50. The topological polar surface area (TPSA) is 128 Å². The molecule has 1 aliphatic heterocycles. The van der Waals surface area contributed by atoms with Gasteiger partial charge in [-0.3, -0.25) is 14.7 Å². The van der Waals surface area contributed by atoms with E-state index in [0.717, 1.165) is 12.8 Å². The normalized spacial score (nSPS) is 19.7. The summed E-state index contributed by atoms with van der Waals surface area (Å²) in [6.07, 6.45) is 0.384. The van der Waals surface area contributed by atoms with Gasteiger partial charge in [-0.1, -0.05) is 0 Å². The third-order valence-electron chi connectivity index (χ3n) is 6.84. The van der Waals surface area contributed by atoms with Crippen LogP contribution in [0.2, 0.25) is 0 Å². The molecular formula is C27H56N4O8. The van der Waals surface area contributed by atoms with Gasteiger partial charge in [-0.2, -0.15) is 0 Å². The number of nitrogens with zero attached hydrogens (tertiary/aromatic N) is 4. The molecule has 1 fully saturated rings. The predicted octanol–water partition coefficient (Wildman–Crippen LogP) is -0.0532. The Kier molecular flexibility index (Phi) is 20.8. The van der Waals surface area contributed by atoms with Crippen LogP contribution >= 0.6 is 0 Å². The molecular weight excluding hydrogens is 508 g/mol. The van der Waals surface area contributed by atoms with Crippen LogP contribution in [0.3, 0.4) is 0 Å². The maximum Gasteiger partial charge on any atom is 0.409 e. The number of aliphatic hydroxyl groups is 3. The number of methoxy groups -OCH3 is 2. The van der Waals surface area contributed by atoms with Crippen molar-refractivity contribution in [2.75, 3.05) is 119 Å². The molecule has 0 spiro atoms. The van der Waals surface area contributed by atoms with E-state index >= 15 is 0 Å². The van der Waals surface area contributed by atoms with E-state index in [1.165, 1.54) is 7.11 Å². The Labute approximate surface area is 235 Å². The first-order valence-corrected chi connectivity index (χ1v) is 14.5. The van der Waals surface area contributed by atoms with Crippen LogP contribution in [0, 0.1) is 0 Å². The fourth-order valence-electron chi connectivity index (χ4n) is 4.62. The number of rotatable bonds is 17. The van der Waals surface area contributed by atoms with Gasteiger partial charge in [0.25, 0.3) is 0 Å². The lowest BCUT2D eigenvalue weighted by atomic mass is 10.1. The van der Waals surface area contributed by atoms with Crippen LogP contribution in [0.1, 0.15) is 33.1 Å². The SMILES string of the molecule is CCOCC(O)CN1CCN(CC(O)CCCCOC)CCN(C(=O)OC)CCN(CC(O)COCC)CC1. The summed E-state index contributed by atoms with van der Waals surface area (Å²) in [4.78, 5) is 20.7. The van der Waals surface area contributed by atoms with Gasteiger partial charge in [-0.05, 0) is 33.1 Å². The van der Waals surface area contributed by atoms with Crippen LogP contribution in [-0.4, -0.2) is 179 Å². The molecule has 3 N–H and O–H groups in total. The highest BCUT2D eigenvalue weighted by atomic mass is 16.5. The van der Waals surface area contributed by atoms with Gasteiger partial charge >= 0.3 is 6.09 Å². The first-order chi connectivity index (χ1) is 18.8. The van der Waals surface area contributed by atoms with Crippen molar-refractivity contribution in [2.24, 2.45) is 0 Å². The number of hydrogen-bond acceptors (Lipinski definition) is 11. The Morgan fingerprint density at radius 3 is 1.54 bits per heavy atom. The standard InChI is InChI=1S/C27H56N4O8/c1-5-38-22-25(33)20-28-10-12-29(19-24(32)9-7-8-18-36-3)14-16-31(27(35)37-4)17-15-30(13-11-28)21-26(34)23-39-6-2/h24-26,32-34H,5-23H2,1-4H3. The molecule has 1 saturated heterocycles. The van der Waals surface area contributed by atoms with Crippen molar-refractivity contribution >= 4 is 6.09 Å². The number of amides is 1. The Hall–Kier alpha value is -1.09. The van der Waals surface area contributed by atoms with E-state index in [-0.39, 0.29) is 19.3 Å². The smallest absolute Gasteiger partial charge is 0.409 e. The number of unbranched alkanes of at least 4 members (excludes halogenated alkanes) is 1. The lowest BCUT2D eigenvalue weighted by Gasteiger charge is -2.35. The molecule has 0 saturated carbocycles. The molecule has 0 aromatic carbocycles. The highest BCUT2D eigenvalue weighted by molar-refractivity contribution is 5.67. The van der Waals surface area contributed by atoms with E-state index in [0.29, 0.717) is 98.2 Å². The van der Waals surface area contributed by atoms with Crippen LogP contribution in [0.4, 0.5) is 4.79 Å². The van der Waals surface area contributed by atoms with Gasteiger partial charge in [0.1, 0.15) is 0 Å². The Morgan fingerprint density at radius 1 is 0.692 bits per heavy atom. The van der Waals surface area contributed by atoms with Crippen LogP contribution < -0.4 is 0 Å². The number of ether oxygens (including phenoxy) is 4. The van der Waals surface area contributed by atoms with Crippen molar-refractivity contribution in [3.8, 4) is 0 Å². The van der Waals surface area contributed by atoms with Gasteiger partial charge in [0.15, 0.2) is 0 Å². The van der Waals surface area contributed by atoms with E-state index in [1.807, 2.05) is 13.8 Å². The zero-order valence-electron chi connectivity index (χ0n) is 24.8. The zero-order chi connectivity index (χ0) is 28.9. The van der Waals surface area contributed by atoms with E-state index < -0.39 is 18.3 Å². The summed E-state index contributed by atoms with van der Waals surface area (Å²) < 4.78 is 21.0. The number of carbonyl (C=O) groups excluding carboxylic acids is 1. The highest BCUT2D eigenvalue weighted by Crippen LogP contribution is 2.08. The minimum Gasteiger partial charge on any atom is -0.453 e. The molecule has 1 aliphatic rings. The lowest BCUT2D eigenvalue weighted by molar-refractivity contribution is 0.00534. The minimum atomic E-state index is -0.637. The highest BCUT2D eigenvalue weighted by Gasteiger charge is 2.23. The molecule has 12 nitrogen and oxygen atoms in total. The van der Waals surface area contributed by atoms with Crippen molar-refractivity contribution < 1.29 is 39.1 Å². The number of hydrogen-bond donors (Lipinski definition) is 3. The summed E-state index contributed by atoms with van der Waals surface area (Å²) in [5.41, 5.74) is 0. The molecule has 1 heterocycles.